The number of hydrogen-bond acceptors (Lipinski definition) is 1. The Balaban J connectivity index is 0.855. The van der Waals surface area contributed by atoms with Crippen LogP contribution in [0.3, 0.4) is 0 Å². The lowest BCUT2D eigenvalue weighted by atomic mass is 9.68. The van der Waals surface area contributed by atoms with Gasteiger partial charge < -0.3 is 4.74 Å². The van der Waals surface area contributed by atoms with Crippen molar-refractivity contribution in [3.05, 3.63) is 94.1 Å². The van der Waals surface area contributed by atoms with E-state index in [1.165, 1.54) is 127 Å². The van der Waals surface area contributed by atoms with Crippen LogP contribution in [0.25, 0.3) is 0 Å². The highest BCUT2D eigenvalue weighted by atomic mass is 19.1. The second-order valence-electron chi connectivity index (χ2n) is 18.2. The molecule has 0 N–H and O–H groups in total. The smallest absolute Gasteiger partial charge is 0.129 e. The molecule has 4 saturated carbocycles. The van der Waals surface area contributed by atoms with Crippen molar-refractivity contribution in [1.29, 1.82) is 0 Å². The number of halogens is 4. The van der Waals surface area contributed by atoms with Gasteiger partial charge in [0, 0.05) is 24.0 Å². The van der Waals surface area contributed by atoms with E-state index in [1.54, 1.807) is 0 Å². The molecule has 0 spiro atoms. The number of benzene rings is 2. The van der Waals surface area contributed by atoms with Gasteiger partial charge in [-0.15, -0.1) is 0 Å². The Morgan fingerprint density at radius 1 is 0.455 bits per heavy atom. The Hall–Kier alpha value is -2.40. The summed E-state index contributed by atoms with van der Waals surface area (Å²) in [6.07, 6.45) is 33.6. The van der Waals surface area contributed by atoms with Crippen LogP contribution in [0.4, 0.5) is 17.6 Å². The third-order valence-corrected chi connectivity index (χ3v) is 14.8. The van der Waals surface area contributed by atoms with E-state index >= 15 is 17.6 Å². The Kier molecular flexibility index (Phi) is 16.4. The normalized spacial score (nSPS) is 29.3. The highest BCUT2D eigenvalue weighted by Gasteiger charge is 2.32. The quantitative estimate of drug-likeness (QED) is 0.0940. The molecule has 0 amide bonds. The molecule has 0 atom stereocenters. The standard InChI is InChI=1S/C50H70F4O/c1-3-5-35-11-19-41(20-12-35)43-23-15-37(16-24-43)7-9-39-31-47(51)45(48(52)32-39)27-29-55-30-28-46-49(53)33-40(34-50(46)54)10-8-38-17-25-44(26-18-38)42-21-13-36(6-4-2)14-22-42/h3-6,31-38,41-44H,7-30H2,1-2H3/b5-3+,6-4+. The molecule has 5 heteroatoms. The van der Waals surface area contributed by atoms with E-state index in [0.29, 0.717) is 24.7 Å². The molecule has 2 aromatic carbocycles. The maximum atomic E-state index is 15.0. The van der Waals surface area contributed by atoms with Crippen molar-refractivity contribution in [3.8, 4) is 0 Å². The Bertz CT molecular complexity index is 1350. The maximum absolute atomic E-state index is 15.0. The second kappa shape index (κ2) is 21.4. The molecular weight excluding hydrogens is 693 g/mol. The first-order chi connectivity index (χ1) is 26.8. The Morgan fingerprint density at radius 2 is 0.764 bits per heavy atom. The lowest BCUT2D eigenvalue weighted by Gasteiger charge is -2.37. The van der Waals surface area contributed by atoms with Gasteiger partial charge in [-0.25, -0.2) is 17.6 Å². The molecule has 304 valence electrons. The van der Waals surface area contributed by atoms with Crippen molar-refractivity contribution < 1.29 is 22.3 Å². The maximum Gasteiger partial charge on any atom is 0.129 e. The van der Waals surface area contributed by atoms with E-state index in [1.807, 2.05) is 0 Å². The molecule has 0 heterocycles. The SMILES string of the molecule is C/C=C/C1CCC(C2CCC(CCc3cc(F)c(CCOCCc4c(F)cc(CCC5CCC(C6CCC(/C=C/C)CC6)CC5)cc4F)c(F)c3)CC2)CC1. The lowest BCUT2D eigenvalue weighted by Crippen LogP contribution is -2.25. The summed E-state index contributed by atoms with van der Waals surface area (Å²) in [6.45, 7) is 4.43. The summed E-state index contributed by atoms with van der Waals surface area (Å²) < 4.78 is 65.8. The van der Waals surface area contributed by atoms with Crippen molar-refractivity contribution in [2.75, 3.05) is 13.2 Å². The van der Waals surface area contributed by atoms with Crippen molar-refractivity contribution in [1.82, 2.24) is 0 Å². The third-order valence-electron chi connectivity index (χ3n) is 14.8. The molecule has 0 aromatic heterocycles. The van der Waals surface area contributed by atoms with Gasteiger partial charge in [0.05, 0.1) is 13.2 Å². The first-order valence-electron chi connectivity index (χ1n) is 22.6. The fraction of sp³-hybridized carbons (Fsp3) is 0.680. The minimum Gasteiger partial charge on any atom is -0.381 e. The lowest BCUT2D eigenvalue weighted by molar-refractivity contribution is 0.137. The van der Waals surface area contributed by atoms with Crippen LogP contribution in [0.1, 0.15) is 152 Å². The molecule has 55 heavy (non-hydrogen) atoms. The zero-order chi connectivity index (χ0) is 38.6. The van der Waals surface area contributed by atoms with E-state index in [2.05, 4.69) is 38.2 Å². The minimum absolute atomic E-state index is 0.0239. The topological polar surface area (TPSA) is 9.23 Å². The molecule has 0 bridgehead atoms. The van der Waals surface area contributed by atoms with Gasteiger partial charge in [0.1, 0.15) is 23.3 Å². The zero-order valence-corrected chi connectivity index (χ0v) is 34.1. The van der Waals surface area contributed by atoms with Crippen molar-refractivity contribution in [3.63, 3.8) is 0 Å². The highest BCUT2D eigenvalue weighted by molar-refractivity contribution is 5.28. The number of ether oxygens (including phenoxy) is 1. The van der Waals surface area contributed by atoms with Crippen molar-refractivity contribution >= 4 is 0 Å². The number of aryl methyl sites for hydroxylation is 2. The molecule has 4 fully saturated rings. The van der Waals surface area contributed by atoms with Crippen LogP contribution in [-0.2, 0) is 30.4 Å². The fourth-order valence-electron chi connectivity index (χ4n) is 11.3. The first-order valence-corrected chi connectivity index (χ1v) is 22.6. The number of rotatable bonds is 16. The first kappa shape index (κ1) is 42.2. The molecular formula is C50H70F4O. The van der Waals surface area contributed by atoms with Gasteiger partial charge in [-0.3, -0.25) is 0 Å². The summed E-state index contributed by atoms with van der Waals surface area (Å²) in [5.41, 5.74) is 1.49. The van der Waals surface area contributed by atoms with E-state index in [-0.39, 0.29) is 37.2 Å². The Labute approximate surface area is 331 Å². The predicted molar refractivity (Wildman–Crippen MR) is 219 cm³/mol. The average molecular weight is 763 g/mol. The van der Waals surface area contributed by atoms with E-state index in [4.69, 9.17) is 4.74 Å². The molecule has 0 unspecified atom stereocenters. The van der Waals surface area contributed by atoms with Crippen LogP contribution in [0.5, 0.6) is 0 Å². The molecule has 1 nitrogen and oxygen atoms in total. The van der Waals surface area contributed by atoms with Crippen LogP contribution >= 0.6 is 0 Å². The molecule has 4 aliphatic rings. The van der Waals surface area contributed by atoms with Crippen molar-refractivity contribution in [2.45, 2.75) is 155 Å². The summed E-state index contributed by atoms with van der Waals surface area (Å²) in [4.78, 5) is 0. The highest BCUT2D eigenvalue weighted by Crippen LogP contribution is 2.44. The molecule has 0 radical (unpaired) electrons. The zero-order valence-electron chi connectivity index (χ0n) is 34.1. The van der Waals surface area contributed by atoms with Crippen LogP contribution in [0.2, 0.25) is 0 Å². The van der Waals surface area contributed by atoms with Crippen LogP contribution < -0.4 is 0 Å². The van der Waals surface area contributed by atoms with E-state index in [9.17, 15) is 0 Å². The fourth-order valence-corrected chi connectivity index (χ4v) is 11.3. The van der Waals surface area contributed by atoms with Gasteiger partial charge in [0.25, 0.3) is 0 Å². The van der Waals surface area contributed by atoms with Crippen LogP contribution in [0, 0.1) is 70.6 Å². The Morgan fingerprint density at radius 3 is 1.07 bits per heavy atom. The minimum atomic E-state index is -0.529. The molecule has 4 aliphatic carbocycles. The molecule has 0 aliphatic heterocycles. The molecule has 2 aromatic rings. The van der Waals surface area contributed by atoms with Gasteiger partial charge >= 0.3 is 0 Å². The largest absolute Gasteiger partial charge is 0.381 e. The summed E-state index contributed by atoms with van der Waals surface area (Å²) in [7, 11) is 0. The molecule has 0 saturated heterocycles. The van der Waals surface area contributed by atoms with Crippen LogP contribution in [-0.4, -0.2) is 13.2 Å². The third kappa shape index (κ3) is 12.3. The van der Waals surface area contributed by atoms with Gasteiger partial charge in [-0.2, -0.15) is 0 Å². The summed E-state index contributed by atoms with van der Waals surface area (Å²) >= 11 is 0. The second-order valence-corrected chi connectivity index (χ2v) is 18.2. The predicted octanol–water partition coefficient (Wildman–Crippen LogP) is 14.3. The van der Waals surface area contributed by atoms with E-state index < -0.39 is 23.3 Å². The van der Waals surface area contributed by atoms with Gasteiger partial charge in [0.2, 0.25) is 0 Å². The van der Waals surface area contributed by atoms with E-state index in [0.717, 1.165) is 59.5 Å². The van der Waals surface area contributed by atoms with Gasteiger partial charge in [-0.05, 0) is 199 Å². The molecule has 6 rings (SSSR count). The summed E-state index contributed by atoms with van der Waals surface area (Å²) in [5, 5.41) is 0. The van der Waals surface area contributed by atoms with Crippen LogP contribution in [0.15, 0.2) is 48.6 Å². The number of hydrogen-bond donors (Lipinski definition) is 0. The van der Waals surface area contributed by atoms with Gasteiger partial charge in [0.15, 0.2) is 0 Å². The average Bonchev–Trinajstić information content (AvgIpc) is 3.19. The summed E-state index contributed by atoms with van der Waals surface area (Å²) in [5.74, 6) is 4.20. The monoisotopic (exact) mass is 763 g/mol. The number of allylic oxidation sites excluding steroid dienone is 4. The van der Waals surface area contributed by atoms with Gasteiger partial charge in [-0.1, -0.05) is 50.0 Å². The summed E-state index contributed by atoms with van der Waals surface area (Å²) in [6, 6.07) is 5.95. The van der Waals surface area contributed by atoms with Crippen molar-refractivity contribution in [2.24, 2.45) is 47.3 Å².